The van der Waals surface area contributed by atoms with Gasteiger partial charge in [-0.2, -0.15) is 0 Å². The van der Waals surface area contributed by atoms with E-state index in [-0.39, 0.29) is 24.9 Å². The molecule has 0 aliphatic carbocycles. The van der Waals surface area contributed by atoms with E-state index in [4.69, 9.17) is 0 Å². The van der Waals surface area contributed by atoms with Gasteiger partial charge in [0, 0.05) is 15.8 Å². The van der Waals surface area contributed by atoms with Crippen molar-refractivity contribution in [3.05, 3.63) is 58.3 Å². The van der Waals surface area contributed by atoms with Gasteiger partial charge in [-0.3, -0.25) is 14.5 Å². The molecule has 2 rings (SSSR count). The molecule has 0 saturated carbocycles. The summed E-state index contributed by atoms with van der Waals surface area (Å²) in [5.74, 6) is -0.960. The molecule has 0 aliphatic heterocycles. The normalized spacial score (nSPS) is 10.6. The summed E-state index contributed by atoms with van der Waals surface area (Å²) in [6.07, 6.45) is 0. The van der Waals surface area contributed by atoms with E-state index >= 15 is 0 Å². The number of likely N-dealkylation sites (N-methyl/N-ethyl adjacent to an activating group) is 1. The van der Waals surface area contributed by atoms with Crippen molar-refractivity contribution in [1.82, 2.24) is 4.90 Å². The van der Waals surface area contributed by atoms with Crippen molar-refractivity contribution in [1.29, 1.82) is 0 Å². The second-order valence-corrected chi connectivity index (χ2v) is 6.60. The second-order valence-electron chi connectivity index (χ2n) is 5.74. The number of halogens is 2. The molecule has 2 aromatic rings. The first kappa shape index (κ1) is 19.1. The standard InChI is InChI=1S/C18H19BrFN3O2/c1-12-8-15(6-7-16(12)19)22-18(25)11-23(2)10-17(24)21-14-5-3-4-13(20)9-14/h3-9H,10-11H2,1-2H3,(H,21,24)(H,22,25). The smallest absolute Gasteiger partial charge is 0.238 e. The Morgan fingerprint density at radius 3 is 2.20 bits per heavy atom. The number of nitrogens with zero attached hydrogens (tertiary/aromatic N) is 1. The molecule has 2 N–H and O–H groups in total. The predicted octanol–water partition coefficient (Wildman–Crippen LogP) is 3.41. The van der Waals surface area contributed by atoms with Crippen LogP contribution in [-0.4, -0.2) is 36.9 Å². The fourth-order valence-electron chi connectivity index (χ4n) is 2.24. The molecule has 0 spiro atoms. The Morgan fingerprint density at radius 2 is 1.64 bits per heavy atom. The van der Waals surface area contributed by atoms with Gasteiger partial charge in [0.1, 0.15) is 5.82 Å². The zero-order valence-electron chi connectivity index (χ0n) is 14.0. The molecule has 7 heteroatoms. The Balaban J connectivity index is 1.82. The van der Waals surface area contributed by atoms with Crippen LogP contribution in [0.15, 0.2) is 46.9 Å². The number of hydrogen-bond acceptors (Lipinski definition) is 3. The van der Waals surface area contributed by atoms with Crippen molar-refractivity contribution in [2.24, 2.45) is 0 Å². The lowest BCUT2D eigenvalue weighted by Crippen LogP contribution is -2.36. The Labute approximate surface area is 154 Å². The monoisotopic (exact) mass is 407 g/mol. The number of rotatable bonds is 6. The average molecular weight is 408 g/mol. The lowest BCUT2D eigenvalue weighted by atomic mass is 10.2. The molecule has 0 heterocycles. The molecular weight excluding hydrogens is 389 g/mol. The summed E-state index contributed by atoms with van der Waals surface area (Å²) < 4.78 is 14.1. The van der Waals surface area contributed by atoms with Crippen molar-refractivity contribution in [3.63, 3.8) is 0 Å². The molecule has 132 valence electrons. The van der Waals surface area contributed by atoms with Gasteiger partial charge < -0.3 is 10.6 Å². The SMILES string of the molecule is Cc1cc(NC(=O)CN(C)CC(=O)Nc2cccc(F)c2)ccc1Br. The number of anilines is 2. The number of carbonyl (C=O) groups is 2. The minimum atomic E-state index is -0.421. The summed E-state index contributed by atoms with van der Waals surface area (Å²) in [5.41, 5.74) is 2.09. The zero-order chi connectivity index (χ0) is 18.4. The van der Waals surface area contributed by atoms with Crippen molar-refractivity contribution in [2.45, 2.75) is 6.92 Å². The number of hydrogen-bond donors (Lipinski definition) is 2. The molecule has 0 aliphatic rings. The quantitative estimate of drug-likeness (QED) is 0.770. The summed E-state index contributed by atoms with van der Waals surface area (Å²) in [5, 5.41) is 5.38. The summed E-state index contributed by atoms with van der Waals surface area (Å²) in [4.78, 5) is 25.6. The van der Waals surface area contributed by atoms with Gasteiger partial charge in [0.05, 0.1) is 13.1 Å². The van der Waals surface area contributed by atoms with E-state index < -0.39 is 5.82 Å². The molecule has 0 saturated heterocycles. The Morgan fingerprint density at radius 1 is 1.04 bits per heavy atom. The molecule has 5 nitrogen and oxygen atoms in total. The topological polar surface area (TPSA) is 61.4 Å². The second kappa shape index (κ2) is 8.73. The molecular formula is C18H19BrFN3O2. The van der Waals surface area contributed by atoms with Crippen LogP contribution in [0.25, 0.3) is 0 Å². The van der Waals surface area contributed by atoms with Gasteiger partial charge >= 0.3 is 0 Å². The van der Waals surface area contributed by atoms with Gasteiger partial charge in [-0.05, 0) is 55.9 Å². The Hall–Kier alpha value is -2.25. The van der Waals surface area contributed by atoms with E-state index in [1.54, 1.807) is 24.1 Å². The molecule has 0 unspecified atom stereocenters. The van der Waals surface area contributed by atoms with E-state index in [0.717, 1.165) is 10.0 Å². The molecule has 0 radical (unpaired) electrons. The first-order valence-corrected chi connectivity index (χ1v) is 8.43. The summed E-state index contributed by atoms with van der Waals surface area (Å²) in [6, 6.07) is 11.2. The molecule has 0 aromatic heterocycles. The zero-order valence-corrected chi connectivity index (χ0v) is 15.6. The highest BCUT2D eigenvalue weighted by Crippen LogP contribution is 2.19. The number of nitrogens with one attached hydrogen (secondary N) is 2. The van der Waals surface area contributed by atoms with Gasteiger partial charge in [-0.25, -0.2) is 4.39 Å². The molecule has 0 atom stereocenters. The molecule has 0 fully saturated rings. The highest BCUT2D eigenvalue weighted by molar-refractivity contribution is 9.10. The highest BCUT2D eigenvalue weighted by Gasteiger charge is 2.12. The van der Waals surface area contributed by atoms with Crippen LogP contribution in [0.2, 0.25) is 0 Å². The van der Waals surface area contributed by atoms with Crippen LogP contribution in [0, 0.1) is 12.7 Å². The molecule has 25 heavy (non-hydrogen) atoms. The van der Waals surface area contributed by atoms with Crippen LogP contribution in [-0.2, 0) is 9.59 Å². The molecule has 2 aromatic carbocycles. The van der Waals surface area contributed by atoms with Gasteiger partial charge in [0.25, 0.3) is 0 Å². The lowest BCUT2D eigenvalue weighted by molar-refractivity contribution is -0.119. The highest BCUT2D eigenvalue weighted by atomic mass is 79.9. The van der Waals surface area contributed by atoms with Gasteiger partial charge in [0.15, 0.2) is 0 Å². The lowest BCUT2D eigenvalue weighted by Gasteiger charge is -2.16. The Kier molecular flexibility index (Phi) is 6.66. The van der Waals surface area contributed by atoms with Crippen molar-refractivity contribution < 1.29 is 14.0 Å². The third kappa shape index (κ3) is 6.28. The maximum Gasteiger partial charge on any atom is 0.238 e. The summed E-state index contributed by atoms with van der Waals surface area (Å²) >= 11 is 3.41. The number of aryl methyl sites for hydroxylation is 1. The van der Waals surface area contributed by atoms with Crippen LogP contribution in [0.1, 0.15) is 5.56 Å². The van der Waals surface area contributed by atoms with Gasteiger partial charge in [-0.15, -0.1) is 0 Å². The minimum absolute atomic E-state index is 0.0172. The fourth-order valence-corrected chi connectivity index (χ4v) is 2.48. The van der Waals surface area contributed by atoms with Gasteiger partial charge in [-0.1, -0.05) is 22.0 Å². The van der Waals surface area contributed by atoms with Crippen LogP contribution in [0.4, 0.5) is 15.8 Å². The average Bonchev–Trinajstić information content (AvgIpc) is 2.50. The molecule has 2 amide bonds. The molecule has 0 bridgehead atoms. The predicted molar refractivity (Wildman–Crippen MR) is 100 cm³/mol. The van der Waals surface area contributed by atoms with Crippen molar-refractivity contribution >= 4 is 39.1 Å². The van der Waals surface area contributed by atoms with E-state index in [1.807, 2.05) is 19.1 Å². The van der Waals surface area contributed by atoms with E-state index in [1.165, 1.54) is 18.2 Å². The summed E-state index contributed by atoms with van der Waals surface area (Å²) in [7, 11) is 1.66. The van der Waals surface area contributed by atoms with Gasteiger partial charge in [0.2, 0.25) is 11.8 Å². The number of carbonyl (C=O) groups excluding carboxylic acids is 2. The maximum atomic E-state index is 13.1. The number of benzene rings is 2. The number of amides is 2. The third-order valence-corrected chi connectivity index (χ3v) is 4.27. The van der Waals surface area contributed by atoms with Crippen LogP contribution >= 0.6 is 15.9 Å². The largest absolute Gasteiger partial charge is 0.325 e. The van der Waals surface area contributed by atoms with E-state index in [9.17, 15) is 14.0 Å². The maximum absolute atomic E-state index is 13.1. The fraction of sp³-hybridized carbons (Fsp3) is 0.222. The minimum Gasteiger partial charge on any atom is -0.325 e. The van der Waals surface area contributed by atoms with E-state index in [2.05, 4.69) is 26.6 Å². The summed E-state index contributed by atoms with van der Waals surface area (Å²) in [6.45, 7) is 2.01. The first-order valence-electron chi connectivity index (χ1n) is 7.63. The Bertz CT molecular complexity index is 783. The van der Waals surface area contributed by atoms with Crippen LogP contribution in [0.3, 0.4) is 0 Å². The van der Waals surface area contributed by atoms with Crippen LogP contribution in [0.5, 0.6) is 0 Å². The van der Waals surface area contributed by atoms with Crippen molar-refractivity contribution in [2.75, 3.05) is 30.8 Å². The van der Waals surface area contributed by atoms with Crippen LogP contribution < -0.4 is 10.6 Å². The first-order chi connectivity index (χ1) is 11.8. The van der Waals surface area contributed by atoms with E-state index in [0.29, 0.717) is 11.4 Å². The third-order valence-electron chi connectivity index (χ3n) is 3.38. The van der Waals surface area contributed by atoms with Crippen molar-refractivity contribution in [3.8, 4) is 0 Å².